The van der Waals surface area contributed by atoms with Crippen molar-refractivity contribution in [3.63, 3.8) is 0 Å². The standard InChI is InChI=1S/C31H31N7O3/c1-31(2,3)41-30(40)38(26-16-7-4-10-21(26)19-33-38)37-28-23-13-5-6-14-24(23)35-27(36-28)20-11-8-12-22(18-20)34-29(39)25-15-9-17-32-25/h4-8,10-14,16,18-19,25,32H,9,15,17H2,1-3H3,(H-,34,35,36,37,39)/p+1/t25-,38-/m1/s1. The van der Waals surface area contributed by atoms with Crippen LogP contribution in [0.4, 0.5) is 22.0 Å². The molecule has 2 atom stereocenters. The first kappa shape index (κ1) is 26.5. The second kappa shape index (κ2) is 10.4. The molecule has 2 amide bonds. The van der Waals surface area contributed by atoms with Gasteiger partial charge in [-0.25, -0.2) is 9.97 Å². The van der Waals surface area contributed by atoms with Crippen molar-refractivity contribution in [2.24, 2.45) is 5.10 Å². The zero-order chi connectivity index (χ0) is 28.6. The Balaban J connectivity index is 1.41. The molecule has 0 radical (unpaired) electrons. The smallest absolute Gasteiger partial charge is 0.410 e. The van der Waals surface area contributed by atoms with E-state index in [-0.39, 0.29) is 11.9 Å². The molecule has 2 aliphatic rings. The summed E-state index contributed by atoms with van der Waals surface area (Å²) in [5, 5.41) is 11.6. The van der Waals surface area contributed by atoms with Crippen LogP contribution >= 0.6 is 0 Å². The summed E-state index contributed by atoms with van der Waals surface area (Å²) in [4.78, 5) is 36.2. The molecular formula is C31H32N7O3+. The number of nitrogens with zero attached hydrogens (tertiary/aromatic N) is 4. The predicted molar refractivity (Wildman–Crippen MR) is 160 cm³/mol. The van der Waals surface area contributed by atoms with Gasteiger partial charge in [-0.05, 0) is 75.6 Å². The second-order valence-electron chi connectivity index (χ2n) is 11.2. The van der Waals surface area contributed by atoms with Gasteiger partial charge >= 0.3 is 6.09 Å². The van der Waals surface area contributed by atoms with Crippen LogP contribution in [0, 0.1) is 0 Å². The van der Waals surface area contributed by atoms with Crippen molar-refractivity contribution in [1.82, 2.24) is 20.0 Å². The van der Waals surface area contributed by atoms with E-state index in [1.165, 1.54) is 0 Å². The SMILES string of the molecule is CC(C)(C)OC(=O)[N@@+]1(Nc2nc(-c3cccc(NC(=O)[C@H]4CCCN4)c3)nc3ccccc23)N=Cc2ccccc21. The summed E-state index contributed by atoms with van der Waals surface area (Å²) in [6.45, 7) is 6.30. The van der Waals surface area contributed by atoms with Crippen molar-refractivity contribution in [2.75, 3.05) is 17.3 Å². The van der Waals surface area contributed by atoms with Crippen molar-refractivity contribution in [3.05, 3.63) is 78.4 Å². The number of nitrogens with one attached hydrogen (secondary N) is 3. The van der Waals surface area contributed by atoms with Crippen LogP contribution in [0.5, 0.6) is 0 Å². The normalized spacial score (nSPS) is 19.6. The second-order valence-corrected chi connectivity index (χ2v) is 11.2. The van der Waals surface area contributed by atoms with E-state index in [9.17, 15) is 9.59 Å². The number of quaternary nitrogens is 1. The summed E-state index contributed by atoms with van der Waals surface area (Å²) in [5.74, 6) is 0.783. The minimum absolute atomic E-state index is 0.0594. The van der Waals surface area contributed by atoms with E-state index >= 15 is 0 Å². The summed E-state index contributed by atoms with van der Waals surface area (Å²) in [7, 11) is 0. The summed E-state index contributed by atoms with van der Waals surface area (Å²) in [6.07, 6.45) is 2.86. The Labute approximate surface area is 238 Å². The van der Waals surface area contributed by atoms with Gasteiger partial charge in [0.25, 0.3) is 0 Å². The molecule has 3 N–H and O–H groups in total. The number of rotatable bonds is 5. The fraction of sp³-hybridized carbons (Fsp3) is 0.258. The molecule has 1 fully saturated rings. The average molecular weight is 551 g/mol. The molecule has 10 heteroatoms. The molecule has 0 unspecified atom stereocenters. The van der Waals surface area contributed by atoms with E-state index in [4.69, 9.17) is 14.7 Å². The topological polar surface area (TPSA) is 118 Å². The monoisotopic (exact) mass is 550 g/mol. The van der Waals surface area contributed by atoms with Crippen molar-refractivity contribution in [3.8, 4) is 11.4 Å². The summed E-state index contributed by atoms with van der Waals surface area (Å²) in [5.41, 5.74) is 6.03. The van der Waals surface area contributed by atoms with Crippen molar-refractivity contribution in [1.29, 1.82) is 0 Å². The number of carbonyl (C=O) groups is 2. The molecular weight excluding hydrogens is 518 g/mol. The van der Waals surface area contributed by atoms with Crippen LogP contribution in [-0.2, 0) is 9.53 Å². The molecule has 41 heavy (non-hydrogen) atoms. The van der Waals surface area contributed by atoms with Gasteiger partial charge in [-0.1, -0.05) is 36.4 Å². The van der Waals surface area contributed by atoms with E-state index in [2.05, 4.69) is 21.2 Å². The van der Waals surface area contributed by atoms with Crippen LogP contribution < -0.4 is 20.8 Å². The highest BCUT2D eigenvalue weighted by atomic mass is 16.6. The zero-order valence-electron chi connectivity index (χ0n) is 23.2. The molecule has 3 aromatic carbocycles. The highest BCUT2D eigenvalue weighted by Gasteiger charge is 2.50. The van der Waals surface area contributed by atoms with Crippen LogP contribution in [0.3, 0.4) is 0 Å². The van der Waals surface area contributed by atoms with Gasteiger partial charge in [-0.15, -0.1) is 0 Å². The van der Waals surface area contributed by atoms with E-state index in [0.717, 1.165) is 24.9 Å². The Morgan fingerprint density at radius 1 is 1.00 bits per heavy atom. The molecule has 1 saturated heterocycles. The third-order valence-corrected chi connectivity index (χ3v) is 6.95. The predicted octanol–water partition coefficient (Wildman–Crippen LogP) is 5.60. The number of benzene rings is 3. The maximum Gasteiger partial charge on any atom is 0.575 e. The van der Waals surface area contributed by atoms with Crippen LogP contribution in [0.1, 0.15) is 39.2 Å². The van der Waals surface area contributed by atoms with E-state index in [1.807, 2.05) is 93.6 Å². The van der Waals surface area contributed by atoms with Crippen molar-refractivity contribution in [2.45, 2.75) is 45.3 Å². The number of fused-ring (bicyclic) bond motifs is 2. The lowest BCUT2D eigenvalue weighted by Gasteiger charge is -2.29. The van der Waals surface area contributed by atoms with Crippen LogP contribution in [0.25, 0.3) is 22.3 Å². The van der Waals surface area contributed by atoms with Crippen molar-refractivity contribution >= 4 is 46.3 Å². The molecule has 6 rings (SSSR count). The molecule has 2 aliphatic heterocycles. The van der Waals surface area contributed by atoms with Gasteiger partial charge in [-0.3, -0.25) is 4.79 Å². The minimum atomic E-state index is -0.741. The highest BCUT2D eigenvalue weighted by molar-refractivity contribution is 6.01. The minimum Gasteiger partial charge on any atom is -0.410 e. The fourth-order valence-electron chi connectivity index (χ4n) is 5.03. The van der Waals surface area contributed by atoms with Gasteiger partial charge in [0, 0.05) is 27.4 Å². The number of anilines is 2. The van der Waals surface area contributed by atoms with Crippen LogP contribution in [-0.4, -0.2) is 46.4 Å². The molecule has 0 saturated carbocycles. The average Bonchev–Trinajstić information content (AvgIpc) is 3.62. The summed E-state index contributed by atoms with van der Waals surface area (Å²) in [6, 6.07) is 22.3. The molecule has 0 bridgehead atoms. The Morgan fingerprint density at radius 2 is 1.80 bits per heavy atom. The Bertz CT molecular complexity index is 1670. The fourth-order valence-corrected chi connectivity index (χ4v) is 5.03. The van der Waals surface area contributed by atoms with Crippen molar-refractivity contribution < 1.29 is 14.3 Å². The number of para-hydroxylation sites is 2. The number of hydrogen-bond acceptors (Lipinski definition) is 8. The first-order valence-corrected chi connectivity index (χ1v) is 13.7. The third kappa shape index (κ3) is 5.27. The van der Waals surface area contributed by atoms with Gasteiger partial charge in [0.1, 0.15) is 11.8 Å². The van der Waals surface area contributed by atoms with Gasteiger partial charge < -0.3 is 15.4 Å². The highest BCUT2D eigenvalue weighted by Crippen LogP contribution is 2.36. The molecule has 4 aromatic rings. The number of ether oxygens (including phenoxy) is 1. The number of carbonyl (C=O) groups excluding carboxylic acids is 2. The van der Waals surface area contributed by atoms with Gasteiger partial charge in [0.15, 0.2) is 11.6 Å². The number of amides is 2. The molecule has 10 nitrogen and oxygen atoms in total. The maximum atomic E-state index is 13.8. The maximum absolute atomic E-state index is 13.8. The van der Waals surface area contributed by atoms with E-state index in [1.54, 1.807) is 6.21 Å². The zero-order valence-corrected chi connectivity index (χ0v) is 23.2. The first-order chi connectivity index (χ1) is 19.7. The Kier molecular flexibility index (Phi) is 6.72. The molecule has 208 valence electrons. The van der Waals surface area contributed by atoms with Crippen LogP contribution in [0.15, 0.2) is 77.9 Å². The molecule has 0 spiro atoms. The lowest BCUT2D eigenvalue weighted by Crippen LogP contribution is -2.55. The van der Waals surface area contributed by atoms with E-state index in [0.29, 0.717) is 39.5 Å². The third-order valence-electron chi connectivity index (χ3n) is 6.95. The molecule has 3 heterocycles. The quantitative estimate of drug-likeness (QED) is 0.277. The Morgan fingerprint density at radius 3 is 2.61 bits per heavy atom. The number of hydrogen-bond donors (Lipinski definition) is 3. The summed E-state index contributed by atoms with van der Waals surface area (Å²) < 4.78 is 5.20. The first-order valence-electron chi connectivity index (χ1n) is 13.7. The lowest BCUT2D eigenvalue weighted by molar-refractivity contribution is -0.117. The molecule has 1 aromatic heterocycles. The van der Waals surface area contributed by atoms with Gasteiger partial charge in [0.05, 0.1) is 17.1 Å². The lowest BCUT2D eigenvalue weighted by atomic mass is 10.1. The largest absolute Gasteiger partial charge is 0.575 e. The number of aromatic nitrogens is 2. The van der Waals surface area contributed by atoms with Gasteiger partial charge in [0.2, 0.25) is 11.6 Å². The Hall–Kier alpha value is -4.67. The summed E-state index contributed by atoms with van der Waals surface area (Å²) >= 11 is 0. The molecule has 0 aliphatic carbocycles. The van der Waals surface area contributed by atoms with Gasteiger partial charge in [-0.2, -0.15) is 10.2 Å². The van der Waals surface area contributed by atoms with E-state index < -0.39 is 16.4 Å². The van der Waals surface area contributed by atoms with Crippen LogP contribution in [0.2, 0.25) is 0 Å².